The van der Waals surface area contributed by atoms with E-state index in [9.17, 15) is 4.79 Å². The summed E-state index contributed by atoms with van der Waals surface area (Å²) >= 11 is 5.88. The zero-order valence-electron chi connectivity index (χ0n) is 11.0. The molecule has 0 spiro atoms. The molecule has 0 bridgehead atoms. The van der Waals surface area contributed by atoms with Crippen molar-refractivity contribution in [3.63, 3.8) is 0 Å². The molecule has 2 rings (SSSR count). The van der Waals surface area contributed by atoms with Crippen LogP contribution in [0.5, 0.6) is 0 Å². The van der Waals surface area contributed by atoms with Gasteiger partial charge in [0.2, 0.25) is 5.91 Å². The fourth-order valence-electron chi connectivity index (χ4n) is 2.15. The Morgan fingerprint density at radius 3 is 2.47 bits per heavy atom. The molecule has 3 nitrogen and oxygen atoms in total. The van der Waals surface area contributed by atoms with Gasteiger partial charge in [0.05, 0.1) is 0 Å². The molecule has 1 aromatic carbocycles. The Balaban J connectivity index is 0.00000180. The quantitative estimate of drug-likeness (QED) is 0.878. The number of rotatable bonds is 5. The first-order valence-corrected chi connectivity index (χ1v) is 6.68. The van der Waals surface area contributed by atoms with Crippen molar-refractivity contribution in [1.82, 2.24) is 5.32 Å². The van der Waals surface area contributed by atoms with Gasteiger partial charge in [-0.25, -0.2) is 0 Å². The SMILES string of the molecule is CC(N)CC(=O)NCC1(c2ccc(Cl)cc2)CC1.Cl. The van der Waals surface area contributed by atoms with Crippen LogP contribution in [0.25, 0.3) is 0 Å². The van der Waals surface area contributed by atoms with E-state index in [4.69, 9.17) is 17.3 Å². The normalized spacial score (nSPS) is 17.2. The molecule has 3 N–H and O–H groups in total. The van der Waals surface area contributed by atoms with Crippen LogP contribution in [0.3, 0.4) is 0 Å². The molecule has 0 radical (unpaired) electrons. The van der Waals surface area contributed by atoms with E-state index in [1.807, 2.05) is 31.2 Å². The number of benzene rings is 1. The lowest BCUT2D eigenvalue weighted by atomic mass is 9.96. The van der Waals surface area contributed by atoms with E-state index in [2.05, 4.69) is 5.32 Å². The zero-order valence-corrected chi connectivity index (χ0v) is 12.6. The van der Waals surface area contributed by atoms with E-state index in [0.29, 0.717) is 13.0 Å². The summed E-state index contributed by atoms with van der Waals surface area (Å²) in [6.07, 6.45) is 2.62. The highest BCUT2D eigenvalue weighted by atomic mass is 35.5. The van der Waals surface area contributed by atoms with Crippen molar-refractivity contribution in [2.24, 2.45) is 5.73 Å². The molecule has 0 saturated heterocycles. The van der Waals surface area contributed by atoms with Crippen molar-refractivity contribution in [1.29, 1.82) is 0 Å². The average molecular weight is 303 g/mol. The Hall–Kier alpha value is -0.770. The van der Waals surface area contributed by atoms with Crippen LogP contribution in [0.2, 0.25) is 5.02 Å². The molecule has 5 heteroatoms. The molecule has 1 unspecified atom stereocenters. The lowest BCUT2D eigenvalue weighted by Gasteiger charge is -2.17. The van der Waals surface area contributed by atoms with Crippen LogP contribution in [0.15, 0.2) is 24.3 Å². The second kappa shape index (κ2) is 6.60. The van der Waals surface area contributed by atoms with E-state index in [-0.39, 0.29) is 29.8 Å². The Labute approximate surface area is 125 Å². The summed E-state index contributed by atoms with van der Waals surface area (Å²) in [5, 5.41) is 3.72. The van der Waals surface area contributed by atoms with E-state index in [1.54, 1.807) is 0 Å². The third kappa shape index (κ3) is 4.37. The van der Waals surface area contributed by atoms with Crippen molar-refractivity contribution in [2.75, 3.05) is 6.54 Å². The van der Waals surface area contributed by atoms with Crippen molar-refractivity contribution in [3.8, 4) is 0 Å². The maximum Gasteiger partial charge on any atom is 0.221 e. The second-order valence-corrected chi connectivity index (χ2v) is 5.68. The second-order valence-electron chi connectivity index (χ2n) is 5.25. The Bertz CT molecular complexity index is 428. The number of amides is 1. The minimum atomic E-state index is -0.0873. The minimum Gasteiger partial charge on any atom is -0.355 e. The Morgan fingerprint density at radius 2 is 2.00 bits per heavy atom. The molecule has 0 heterocycles. The maximum absolute atomic E-state index is 11.6. The van der Waals surface area contributed by atoms with Crippen molar-refractivity contribution < 1.29 is 4.79 Å². The molecule has 106 valence electrons. The highest BCUT2D eigenvalue weighted by molar-refractivity contribution is 6.30. The highest BCUT2D eigenvalue weighted by Crippen LogP contribution is 2.47. The number of carbonyl (C=O) groups excluding carboxylic acids is 1. The van der Waals surface area contributed by atoms with Gasteiger partial charge in [0.25, 0.3) is 0 Å². The molecule has 1 aromatic rings. The molecule has 1 amide bonds. The monoisotopic (exact) mass is 302 g/mol. The first-order valence-electron chi connectivity index (χ1n) is 6.30. The smallest absolute Gasteiger partial charge is 0.221 e. The van der Waals surface area contributed by atoms with Gasteiger partial charge in [-0.15, -0.1) is 12.4 Å². The molecule has 1 atom stereocenters. The topological polar surface area (TPSA) is 55.1 Å². The third-order valence-electron chi connectivity index (χ3n) is 3.44. The van der Waals surface area contributed by atoms with Crippen LogP contribution in [0, 0.1) is 0 Å². The fraction of sp³-hybridized carbons (Fsp3) is 0.500. The third-order valence-corrected chi connectivity index (χ3v) is 3.69. The van der Waals surface area contributed by atoms with Crippen LogP contribution in [-0.2, 0) is 10.2 Å². The molecular formula is C14H20Cl2N2O. The van der Waals surface area contributed by atoms with Gasteiger partial charge in [-0.2, -0.15) is 0 Å². The van der Waals surface area contributed by atoms with Gasteiger partial charge in [0.15, 0.2) is 0 Å². The molecule has 1 aliphatic carbocycles. The van der Waals surface area contributed by atoms with Crippen LogP contribution in [-0.4, -0.2) is 18.5 Å². The van der Waals surface area contributed by atoms with Crippen LogP contribution in [0.4, 0.5) is 0 Å². The lowest BCUT2D eigenvalue weighted by Crippen LogP contribution is -2.35. The fourth-order valence-corrected chi connectivity index (χ4v) is 2.28. The number of hydrogen-bond acceptors (Lipinski definition) is 2. The number of carbonyl (C=O) groups is 1. The van der Waals surface area contributed by atoms with Crippen LogP contribution < -0.4 is 11.1 Å². The summed E-state index contributed by atoms with van der Waals surface area (Å²) in [6, 6.07) is 7.82. The molecule has 0 aliphatic heterocycles. The molecule has 1 fully saturated rings. The van der Waals surface area contributed by atoms with Crippen molar-refractivity contribution in [3.05, 3.63) is 34.9 Å². The van der Waals surface area contributed by atoms with Gasteiger partial charge < -0.3 is 11.1 Å². The molecular weight excluding hydrogens is 283 g/mol. The molecule has 19 heavy (non-hydrogen) atoms. The summed E-state index contributed by atoms with van der Waals surface area (Å²) in [4.78, 5) is 11.6. The number of nitrogens with one attached hydrogen (secondary N) is 1. The van der Waals surface area contributed by atoms with E-state index >= 15 is 0 Å². The van der Waals surface area contributed by atoms with Gasteiger partial charge in [-0.05, 0) is 37.5 Å². The van der Waals surface area contributed by atoms with Gasteiger partial charge in [-0.1, -0.05) is 23.7 Å². The summed E-state index contributed by atoms with van der Waals surface area (Å²) in [5.74, 6) is 0.0326. The molecule has 0 aromatic heterocycles. The maximum atomic E-state index is 11.6. The lowest BCUT2D eigenvalue weighted by molar-refractivity contribution is -0.121. The average Bonchev–Trinajstić information content (AvgIpc) is 3.08. The van der Waals surface area contributed by atoms with E-state index in [0.717, 1.165) is 17.9 Å². The predicted octanol–water partition coefficient (Wildman–Crippen LogP) is 2.65. The molecule has 1 saturated carbocycles. The van der Waals surface area contributed by atoms with Gasteiger partial charge >= 0.3 is 0 Å². The van der Waals surface area contributed by atoms with E-state index < -0.39 is 0 Å². The van der Waals surface area contributed by atoms with Gasteiger partial charge in [-0.3, -0.25) is 4.79 Å². The van der Waals surface area contributed by atoms with Gasteiger partial charge in [0, 0.05) is 29.4 Å². The minimum absolute atomic E-state index is 0. The van der Waals surface area contributed by atoms with Crippen molar-refractivity contribution >= 4 is 29.9 Å². The van der Waals surface area contributed by atoms with Crippen LogP contribution >= 0.6 is 24.0 Å². The van der Waals surface area contributed by atoms with E-state index in [1.165, 1.54) is 5.56 Å². The first-order chi connectivity index (χ1) is 8.52. The summed E-state index contributed by atoms with van der Waals surface area (Å²) in [6.45, 7) is 2.53. The van der Waals surface area contributed by atoms with Crippen molar-refractivity contribution in [2.45, 2.75) is 37.6 Å². The Morgan fingerprint density at radius 1 is 1.42 bits per heavy atom. The number of nitrogens with two attached hydrogens (primary N) is 1. The Kier molecular flexibility index (Phi) is 5.65. The standard InChI is InChI=1S/C14H19ClN2O.ClH/c1-10(16)8-13(18)17-9-14(6-7-14)11-2-4-12(15)5-3-11;/h2-5,10H,6-9,16H2,1H3,(H,17,18);1H. The van der Waals surface area contributed by atoms with Crippen LogP contribution in [0.1, 0.15) is 31.7 Å². The summed E-state index contributed by atoms with van der Waals surface area (Å²) in [7, 11) is 0. The number of hydrogen-bond donors (Lipinski definition) is 2. The molecule has 1 aliphatic rings. The zero-order chi connectivity index (χ0) is 13.2. The largest absolute Gasteiger partial charge is 0.355 e. The summed E-state index contributed by atoms with van der Waals surface area (Å²) < 4.78 is 0. The summed E-state index contributed by atoms with van der Waals surface area (Å²) in [5.41, 5.74) is 6.98. The predicted molar refractivity (Wildman–Crippen MR) is 80.9 cm³/mol. The highest BCUT2D eigenvalue weighted by Gasteiger charge is 2.44. The van der Waals surface area contributed by atoms with Gasteiger partial charge in [0.1, 0.15) is 0 Å². The number of halogens is 2. The first kappa shape index (κ1) is 16.3.